The first-order chi connectivity index (χ1) is 36.5. The molecule has 6 heteroatoms. The maximum Gasteiger partial charge on any atom is 0.306 e. The minimum absolute atomic E-state index is 0.0829. The first kappa shape index (κ1) is 70.6. The average Bonchev–Trinajstić information content (AvgIpc) is 3.40. The first-order valence-electron chi connectivity index (χ1n) is 31.6. The van der Waals surface area contributed by atoms with Crippen molar-refractivity contribution in [3.63, 3.8) is 0 Å². The molecule has 0 N–H and O–H groups in total. The number of carbonyl (C=O) groups excluding carboxylic acids is 3. The number of carbonyl (C=O) groups is 3. The summed E-state index contributed by atoms with van der Waals surface area (Å²) in [6.45, 7) is 6.47. The molecule has 0 bridgehead atoms. The summed E-state index contributed by atoms with van der Waals surface area (Å²) in [6, 6.07) is 0. The lowest BCUT2D eigenvalue weighted by molar-refractivity contribution is -0.167. The van der Waals surface area contributed by atoms with Gasteiger partial charge in [0.15, 0.2) is 6.10 Å². The molecule has 0 spiro atoms. The molecule has 0 aromatic rings. The molecule has 0 rings (SSSR count). The zero-order chi connectivity index (χ0) is 53.6. The summed E-state index contributed by atoms with van der Waals surface area (Å²) in [4.78, 5) is 38.2. The van der Waals surface area contributed by atoms with Crippen molar-refractivity contribution in [3.05, 3.63) is 85.1 Å². The molecule has 0 aromatic carbocycles. The van der Waals surface area contributed by atoms with E-state index in [-0.39, 0.29) is 31.1 Å². The molecule has 0 heterocycles. The van der Waals surface area contributed by atoms with Gasteiger partial charge in [0.1, 0.15) is 13.2 Å². The monoisotopic (exact) mass is 1030 g/mol. The highest BCUT2D eigenvalue weighted by molar-refractivity contribution is 5.71. The summed E-state index contributed by atoms with van der Waals surface area (Å²) >= 11 is 0. The highest BCUT2D eigenvalue weighted by Gasteiger charge is 2.19. The molecule has 0 amide bonds. The van der Waals surface area contributed by atoms with E-state index in [9.17, 15) is 14.4 Å². The Labute approximate surface area is 458 Å². The maximum absolute atomic E-state index is 12.9. The Kier molecular flexibility index (Phi) is 59.3. The summed E-state index contributed by atoms with van der Waals surface area (Å²) in [5.41, 5.74) is 0. The molecular weight excluding hydrogens is 913 g/mol. The van der Waals surface area contributed by atoms with Crippen LogP contribution >= 0.6 is 0 Å². The van der Waals surface area contributed by atoms with E-state index in [1.807, 2.05) is 0 Å². The van der Waals surface area contributed by atoms with Crippen LogP contribution in [0.25, 0.3) is 0 Å². The van der Waals surface area contributed by atoms with Crippen LogP contribution in [0.2, 0.25) is 0 Å². The van der Waals surface area contributed by atoms with Crippen molar-refractivity contribution >= 4 is 17.9 Å². The average molecular weight is 1030 g/mol. The van der Waals surface area contributed by atoms with Gasteiger partial charge in [-0.2, -0.15) is 0 Å². The van der Waals surface area contributed by atoms with Crippen molar-refractivity contribution in [3.8, 4) is 0 Å². The second-order valence-electron chi connectivity index (χ2n) is 20.9. The predicted octanol–water partition coefficient (Wildman–Crippen LogP) is 21.5. The Bertz CT molecular complexity index is 1420. The van der Waals surface area contributed by atoms with E-state index < -0.39 is 6.10 Å². The van der Waals surface area contributed by atoms with Crippen molar-refractivity contribution in [2.75, 3.05) is 13.2 Å². The number of esters is 3. The largest absolute Gasteiger partial charge is 0.462 e. The lowest BCUT2D eigenvalue weighted by atomic mass is 10.0. The van der Waals surface area contributed by atoms with Gasteiger partial charge >= 0.3 is 17.9 Å². The number of ether oxygens (including phenoxy) is 3. The quantitative estimate of drug-likeness (QED) is 0.0261. The van der Waals surface area contributed by atoms with E-state index in [4.69, 9.17) is 14.2 Å². The summed E-state index contributed by atoms with van der Waals surface area (Å²) in [5.74, 6) is -0.896. The van der Waals surface area contributed by atoms with E-state index >= 15 is 0 Å². The minimum Gasteiger partial charge on any atom is -0.462 e. The van der Waals surface area contributed by atoms with Gasteiger partial charge in [-0.3, -0.25) is 14.4 Å². The van der Waals surface area contributed by atoms with Gasteiger partial charge in [-0.25, -0.2) is 0 Å². The smallest absolute Gasteiger partial charge is 0.306 e. The first-order valence-corrected chi connectivity index (χ1v) is 31.6. The van der Waals surface area contributed by atoms with E-state index in [1.165, 1.54) is 148 Å². The second-order valence-corrected chi connectivity index (χ2v) is 20.9. The number of hydrogen-bond donors (Lipinski definition) is 0. The molecule has 0 fully saturated rings. The third-order valence-electron chi connectivity index (χ3n) is 13.6. The summed E-state index contributed by atoms with van der Waals surface area (Å²) < 4.78 is 16.9. The Hall–Kier alpha value is -3.41. The number of unbranched alkanes of at least 4 members (excludes halogenated alkanes) is 32. The van der Waals surface area contributed by atoms with E-state index in [0.717, 1.165) is 122 Å². The van der Waals surface area contributed by atoms with Gasteiger partial charge in [-0.15, -0.1) is 0 Å². The SMILES string of the molecule is CC/C=C\C/C=C\C/C=C\C/C=C\CCCCCCCCCCCCCCCCC(=O)OCC(COC(=O)CCCCCCC/C=C\C/C=C\CCC)OC(=O)CCCCCCC/C=C\CCCCCCCCC. The third-order valence-corrected chi connectivity index (χ3v) is 13.6. The van der Waals surface area contributed by atoms with Gasteiger partial charge in [-0.05, 0) is 109 Å². The van der Waals surface area contributed by atoms with Crippen molar-refractivity contribution < 1.29 is 28.6 Å². The number of rotatable bonds is 57. The molecule has 426 valence electrons. The molecule has 0 saturated carbocycles. The Balaban J connectivity index is 4.26. The van der Waals surface area contributed by atoms with Gasteiger partial charge in [0.2, 0.25) is 0 Å². The highest BCUT2D eigenvalue weighted by Crippen LogP contribution is 2.16. The Morgan fingerprint density at radius 2 is 0.554 bits per heavy atom. The molecule has 0 aromatic heterocycles. The maximum atomic E-state index is 12.9. The van der Waals surface area contributed by atoms with Crippen LogP contribution in [0.15, 0.2) is 85.1 Å². The Morgan fingerprint density at radius 3 is 0.892 bits per heavy atom. The molecule has 74 heavy (non-hydrogen) atoms. The molecule has 0 radical (unpaired) electrons. The molecular formula is C68H118O6. The van der Waals surface area contributed by atoms with Crippen LogP contribution in [-0.4, -0.2) is 37.2 Å². The zero-order valence-corrected chi connectivity index (χ0v) is 48.8. The van der Waals surface area contributed by atoms with Crippen LogP contribution in [0.3, 0.4) is 0 Å². The normalized spacial score (nSPS) is 12.6. The van der Waals surface area contributed by atoms with Gasteiger partial charge < -0.3 is 14.2 Å². The predicted molar refractivity (Wildman–Crippen MR) is 321 cm³/mol. The number of hydrogen-bond acceptors (Lipinski definition) is 6. The van der Waals surface area contributed by atoms with Crippen molar-refractivity contribution in [1.82, 2.24) is 0 Å². The van der Waals surface area contributed by atoms with Gasteiger partial charge in [-0.1, -0.05) is 266 Å². The Morgan fingerprint density at radius 1 is 0.284 bits per heavy atom. The fourth-order valence-corrected chi connectivity index (χ4v) is 8.88. The van der Waals surface area contributed by atoms with Crippen LogP contribution < -0.4 is 0 Å². The minimum atomic E-state index is -0.787. The molecule has 0 aliphatic carbocycles. The van der Waals surface area contributed by atoms with Crippen molar-refractivity contribution in [1.29, 1.82) is 0 Å². The van der Waals surface area contributed by atoms with Gasteiger partial charge in [0.25, 0.3) is 0 Å². The van der Waals surface area contributed by atoms with Crippen molar-refractivity contribution in [2.24, 2.45) is 0 Å². The lowest BCUT2D eigenvalue weighted by Gasteiger charge is -2.18. The summed E-state index contributed by atoms with van der Waals surface area (Å²) in [7, 11) is 0. The highest BCUT2D eigenvalue weighted by atomic mass is 16.6. The lowest BCUT2D eigenvalue weighted by Crippen LogP contribution is -2.30. The standard InChI is InChI=1S/C68H118O6/c1-4-7-10-13-16-19-22-25-27-29-30-31-32-33-34-35-36-37-38-39-41-43-46-49-52-55-58-61-67(70)73-64-65(63-72-66(69)60-57-54-51-48-45-42-24-21-18-15-12-9-6-3)74-68(71)62-59-56-53-50-47-44-40-28-26-23-20-17-14-11-8-5-2/h7,10,12,15-16,19,21,24-25,27-28,30-31,40,65H,4-6,8-9,11,13-14,17-18,20,22-23,26,29,32-39,41-64H2,1-3H3/b10-7-,15-12-,19-16-,24-21-,27-25-,31-30-,40-28-. The van der Waals surface area contributed by atoms with Crippen LogP contribution in [0.4, 0.5) is 0 Å². The molecule has 0 aliphatic heterocycles. The third kappa shape index (κ3) is 59.5. The summed E-state index contributed by atoms with van der Waals surface area (Å²) in [5, 5.41) is 0. The topological polar surface area (TPSA) is 78.9 Å². The van der Waals surface area contributed by atoms with Crippen LogP contribution in [0.5, 0.6) is 0 Å². The van der Waals surface area contributed by atoms with Crippen molar-refractivity contribution in [2.45, 2.75) is 316 Å². The van der Waals surface area contributed by atoms with Gasteiger partial charge in [0.05, 0.1) is 0 Å². The van der Waals surface area contributed by atoms with E-state index in [2.05, 4.69) is 106 Å². The van der Waals surface area contributed by atoms with Crippen LogP contribution in [-0.2, 0) is 28.6 Å². The van der Waals surface area contributed by atoms with Crippen LogP contribution in [0, 0.1) is 0 Å². The molecule has 0 aliphatic rings. The number of allylic oxidation sites excluding steroid dienone is 14. The fourth-order valence-electron chi connectivity index (χ4n) is 8.88. The van der Waals surface area contributed by atoms with Crippen LogP contribution in [0.1, 0.15) is 310 Å². The molecule has 1 atom stereocenters. The van der Waals surface area contributed by atoms with E-state index in [1.54, 1.807) is 0 Å². The summed E-state index contributed by atoms with van der Waals surface area (Å²) in [6.07, 6.45) is 81.6. The van der Waals surface area contributed by atoms with Gasteiger partial charge in [0, 0.05) is 19.3 Å². The molecule has 0 saturated heterocycles. The fraction of sp³-hybridized carbons (Fsp3) is 0.750. The zero-order valence-electron chi connectivity index (χ0n) is 48.8. The molecule has 6 nitrogen and oxygen atoms in total. The second kappa shape index (κ2) is 62.1. The molecule has 1 unspecified atom stereocenters. The van der Waals surface area contributed by atoms with E-state index in [0.29, 0.717) is 19.3 Å².